The fraction of sp³-hybridized carbons (Fsp3) is 0.941. The quantitative estimate of drug-likeness (QED) is 0.324. The molecule has 1 rings (SSSR count). The predicted molar refractivity (Wildman–Crippen MR) is 103 cm³/mol. The zero-order valence-corrected chi connectivity index (χ0v) is 16.9. The summed E-state index contributed by atoms with van der Waals surface area (Å²) in [5.41, 5.74) is 0. The van der Waals surface area contributed by atoms with E-state index in [0.717, 1.165) is 64.5 Å². The highest BCUT2D eigenvalue weighted by Gasteiger charge is 2.24. The molecular formula is C17H36N4O3S. The van der Waals surface area contributed by atoms with Crippen molar-refractivity contribution in [3.05, 3.63) is 0 Å². The monoisotopic (exact) mass is 376 g/mol. The van der Waals surface area contributed by atoms with E-state index in [1.54, 1.807) is 4.31 Å². The Morgan fingerprint density at radius 2 is 1.84 bits per heavy atom. The van der Waals surface area contributed by atoms with E-state index in [2.05, 4.69) is 29.5 Å². The van der Waals surface area contributed by atoms with Gasteiger partial charge in [0, 0.05) is 45.9 Å². The number of piperidine rings is 1. The van der Waals surface area contributed by atoms with Crippen LogP contribution in [0.2, 0.25) is 0 Å². The Hall–Kier alpha value is -0.860. The summed E-state index contributed by atoms with van der Waals surface area (Å²) >= 11 is 0. The minimum Gasteiger partial charge on any atom is -0.381 e. The van der Waals surface area contributed by atoms with Crippen molar-refractivity contribution in [2.45, 2.75) is 46.0 Å². The average molecular weight is 377 g/mol. The number of hydrogen-bond acceptors (Lipinski definition) is 4. The molecule has 0 radical (unpaired) electrons. The van der Waals surface area contributed by atoms with E-state index in [1.165, 1.54) is 12.7 Å². The van der Waals surface area contributed by atoms with E-state index in [0.29, 0.717) is 19.0 Å². The molecule has 2 N–H and O–H groups in total. The molecule has 25 heavy (non-hydrogen) atoms. The zero-order valence-electron chi connectivity index (χ0n) is 16.1. The fourth-order valence-electron chi connectivity index (χ4n) is 2.72. The smallest absolute Gasteiger partial charge is 0.211 e. The van der Waals surface area contributed by atoms with Gasteiger partial charge >= 0.3 is 0 Å². The standard InChI is InChI=1S/C17H36N4O3S/c1-4-6-13-24-14-7-10-19-17(18-5-2)20-15-16-8-11-21(12-9-16)25(3,22)23/h16H,4-15H2,1-3H3,(H2,18,19,20). The van der Waals surface area contributed by atoms with Gasteiger partial charge in [-0.3, -0.25) is 4.99 Å². The zero-order chi connectivity index (χ0) is 18.5. The van der Waals surface area contributed by atoms with Crippen molar-refractivity contribution >= 4 is 16.0 Å². The van der Waals surface area contributed by atoms with E-state index in [1.807, 2.05) is 0 Å². The lowest BCUT2D eigenvalue weighted by atomic mass is 9.98. The number of sulfonamides is 1. The summed E-state index contributed by atoms with van der Waals surface area (Å²) in [6.07, 6.45) is 6.28. The second kappa shape index (κ2) is 12.5. The van der Waals surface area contributed by atoms with Crippen LogP contribution in [0.25, 0.3) is 0 Å². The number of aliphatic imine (C=N–C) groups is 1. The van der Waals surface area contributed by atoms with Crippen molar-refractivity contribution in [1.82, 2.24) is 14.9 Å². The van der Waals surface area contributed by atoms with Crippen molar-refractivity contribution in [3.63, 3.8) is 0 Å². The largest absolute Gasteiger partial charge is 0.381 e. The Bertz CT molecular complexity index is 474. The van der Waals surface area contributed by atoms with Crippen molar-refractivity contribution in [3.8, 4) is 0 Å². The van der Waals surface area contributed by atoms with Crippen LogP contribution in [0.15, 0.2) is 4.99 Å². The van der Waals surface area contributed by atoms with Crippen molar-refractivity contribution in [1.29, 1.82) is 0 Å². The van der Waals surface area contributed by atoms with Gasteiger partial charge in [-0.1, -0.05) is 13.3 Å². The van der Waals surface area contributed by atoms with Gasteiger partial charge in [0.2, 0.25) is 10.0 Å². The van der Waals surface area contributed by atoms with E-state index < -0.39 is 10.0 Å². The van der Waals surface area contributed by atoms with Gasteiger partial charge in [0.15, 0.2) is 5.96 Å². The normalized spacial score (nSPS) is 17.6. The maximum atomic E-state index is 11.5. The summed E-state index contributed by atoms with van der Waals surface area (Å²) in [4.78, 5) is 4.66. The van der Waals surface area contributed by atoms with Crippen LogP contribution in [0.3, 0.4) is 0 Å². The molecule has 0 saturated carbocycles. The number of guanidine groups is 1. The van der Waals surface area contributed by atoms with Crippen LogP contribution in [-0.4, -0.2) is 70.9 Å². The molecule has 1 fully saturated rings. The molecular weight excluding hydrogens is 340 g/mol. The van der Waals surface area contributed by atoms with Crippen LogP contribution in [0.5, 0.6) is 0 Å². The molecule has 148 valence electrons. The minimum absolute atomic E-state index is 0.450. The summed E-state index contributed by atoms with van der Waals surface area (Å²) in [7, 11) is -3.05. The lowest BCUT2D eigenvalue weighted by Crippen LogP contribution is -2.40. The summed E-state index contributed by atoms with van der Waals surface area (Å²) in [6, 6.07) is 0. The lowest BCUT2D eigenvalue weighted by molar-refractivity contribution is 0.129. The van der Waals surface area contributed by atoms with Gasteiger partial charge in [-0.05, 0) is 38.5 Å². The number of nitrogens with one attached hydrogen (secondary N) is 2. The molecule has 1 aliphatic heterocycles. The molecule has 7 nitrogen and oxygen atoms in total. The number of hydrogen-bond donors (Lipinski definition) is 2. The second-order valence-corrected chi connectivity index (χ2v) is 8.55. The van der Waals surface area contributed by atoms with Gasteiger partial charge in [0.05, 0.1) is 6.26 Å². The van der Waals surface area contributed by atoms with Crippen molar-refractivity contribution < 1.29 is 13.2 Å². The molecule has 0 aromatic heterocycles. The van der Waals surface area contributed by atoms with Crippen molar-refractivity contribution in [2.75, 3.05) is 52.2 Å². The Morgan fingerprint density at radius 3 is 2.44 bits per heavy atom. The molecule has 0 bridgehead atoms. The topological polar surface area (TPSA) is 83.0 Å². The van der Waals surface area contributed by atoms with Crippen LogP contribution >= 0.6 is 0 Å². The highest BCUT2D eigenvalue weighted by Crippen LogP contribution is 2.19. The lowest BCUT2D eigenvalue weighted by Gasteiger charge is -2.29. The van der Waals surface area contributed by atoms with Gasteiger partial charge in [-0.2, -0.15) is 0 Å². The number of rotatable bonds is 11. The van der Waals surface area contributed by atoms with Crippen LogP contribution in [-0.2, 0) is 14.8 Å². The SMILES string of the molecule is CCCCOCCCNC(=NCC1CCN(S(C)(=O)=O)CC1)NCC. The first-order valence-corrected chi connectivity index (χ1v) is 11.4. The molecule has 0 aromatic rings. The number of unbranched alkanes of at least 4 members (excludes halogenated alkanes) is 1. The van der Waals surface area contributed by atoms with E-state index in [9.17, 15) is 8.42 Å². The Kier molecular flexibility index (Phi) is 11.1. The first-order valence-electron chi connectivity index (χ1n) is 9.52. The maximum Gasteiger partial charge on any atom is 0.211 e. The van der Waals surface area contributed by atoms with Gasteiger partial charge in [0.1, 0.15) is 0 Å². The van der Waals surface area contributed by atoms with Crippen LogP contribution in [0, 0.1) is 5.92 Å². The van der Waals surface area contributed by atoms with E-state index in [4.69, 9.17) is 4.74 Å². The molecule has 1 heterocycles. The second-order valence-electron chi connectivity index (χ2n) is 6.57. The number of nitrogens with zero attached hydrogens (tertiary/aromatic N) is 2. The Labute approximate surface area is 153 Å². The average Bonchev–Trinajstić information content (AvgIpc) is 2.58. The first kappa shape index (κ1) is 22.2. The van der Waals surface area contributed by atoms with E-state index >= 15 is 0 Å². The van der Waals surface area contributed by atoms with Gasteiger partial charge in [-0.15, -0.1) is 0 Å². The number of ether oxygens (including phenoxy) is 1. The molecule has 0 atom stereocenters. The summed E-state index contributed by atoms with van der Waals surface area (Å²) in [6.45, 7) is 9.45. The molecule has 0 aliphatic carbocycles. The minimum atomic E-state index is -3.05. The molecule has 0 unspecified atom stereocenters. The Balaban J connectivity index is 2.26. The summed E-state index contributed by atoms with van der Waals surface area (Å²) < 4.78 is 30.2. The van der Waals surface area contributed by atoms with Crippen molar-refractivity contribution in [2.24, 2.45) is 10.9 Å². The van der Waals surface area contributed by atoms with Gasteiger partial charge in [-0.25, -0.2) is 12.7 Å². The van der Waals surface area contributed by atoms with Crippen LogP contribution in [0.1, 0.15) is 46.0 Å². The molecule has 8 heteroatoms. The van der Waals surface area contributed by atoms with E-state index in [-0.39, 0.29) is 0 Å². The van der Waals surface area contributed by atoms with Gasteiger partial charge < -0.3 is 15.4 Å². The third-order valence-electron chi connectivity index (χ3n) is 4.29. The molecule has 0 spiro atoms. The fourth-order valence-corrected chi connectivity index (χ4v) is 3.59. The van der Waals surface area contributed by atoms with Crippen LogP contribution in [0.4, 0.5) is 0 Å². The maximum absolute atomic E-state index is 11.5. The highest BCUT2D eigenvalue weighted by atomic mass is 32.2. The van der Waals surface area contributed by atoms with Crippen LogP contribution < -0.4 is 10.6 Å². The molecule has 1 saturated heterocycles. The third-order valence-corrected chi connectivity index (χ3v) is 5.60. The Morgan fingerprint density at radius 1 is 1.16 bits per heavy atom. The summed E-state index contributed by atoms with van der Waals surface area (Å²) in [5, 5.41) is 6.59. The summed E-state index contributed by atoms with van der Waals surface area (Å²) in [5.74, 6) is 1.28. The molecule has 0 amide bonds. The highest BCUT2D eigenvalue weighted by molar-refractivity contribution is 7.88. The molecule has 1 aliphatic rings. The predicted octanol–water partition coefficient (Wildman–Crippen LogP) is 1.42. The molecule has 0 aromatic carbocycles. The van der Waals surface area contributed by atoms with Gasteiger partial charge in [0.25, 0.3) is 0 Å². The third kappa shape index (κ3) is 10.0. The first-order chi connectivity index (χ1) is 12.0.